The molecule has 0 atom stereocenters. The molecule has 0 amide bonds. The van der Waals surface area contributed by atoms with Gasteiger partial charge in [0.25, 0.3) is 0 Å². The fourth-order valence-electron chi connectivity index (χ4n) is 0. The average Bonchev–Trinajstić information content (AvgIpc) is 0. The number of rotatable bonds is 0. The Hall–Kier alpha value is 3.75. The molecule has 0 radical (unpaired) electrons. The molecule has 0 nitrogen and oxygen atoms in total. The zero-order chi connectivity index (χ0) is 0. The molecule has 0 heterocycles. The van der Waals surface area contributed by atoms with Crippen LogP contribution >= 0.6 is 0 Å². The molecular weight excluding hydrogens is 571 g/mol. The van der Waals surface area contributed by atoms with Crippen molar-refractivity contribution in [2.24, 2.45) is 0 Å². The summed E-state index contributed by atoms with van der Waals surface area (Å²) < 4.78 is 0. The van der Waals surface area contributed by atoms with Gasteiger partial charge in [0.2, 0.25) is 0 Å². The summed E-state index contributed by atoms with van der Waals surface area (Å²) in [4.78, 5) is 0. The largest absolute Gasteiger partial charge is 1.00 e. The van der Waals surface area contributed by atoms with E-state index < -0.39 is 0 Å². The Kier molecular flexibility index (Phi) is 331. The van der Waals surface area contributed by atoms with E-state index in [1.807, 2.05) is 0 Å². The van der Waals surface area contributed by atoms with Crippen LogP contribution in [-0.4, -0.2) is 0 Å². The van der Waals surface area contributed by atoms with Gasteiger partial charge in [-0.15, -0.1) is 0 Å². The topological polar surface area (TPSA) is 0 Å². The zero-order valence-corrected chi connectivity index (χ0v) is 11.3. The molecule has 6 heteroatoms. The fraction of sp³-hybridized carbons (Fsp3) is 0. The van der Waals surface area contributed by atoms with Crippen LogP contribution in [0.1, 0.15) is 0 Å². The van der Waals surface area contributed by atoms with E-state index >= 15 is 0 Å². The van der Waals surface area contributed by atoms with E-state index in [1.54, 1.807) is 0 Å². The van der Waals surface area contributed by atoms with Crippen molar-refractivity contribution >= 4 is 0 Å². The van der Waals surface area contributed by atoms with Crippen LogP contribution in [0.25, 0.3) is 0 Å². The monoisotopic (exact) mass is 570 g/mol. The van der Waals surface area contributed by atoms with Crippen LogP contribution in [0.2, 0.25) is 0 Å². The van der Waals surface area contributed by atoms with Gasteiger partial charge in [0.05, 0.1) is 0 Å². The maximum absolute atomic E-state index is 0. The van der Waals surface area contributed by atoms with Crippen molar-refractivity contribution in [3.05, 3.63) is 0 Å². The van der Waals surface area contributed by atoms with Crippen molar-refractivity contribution in [3.63, 3.8) is 0 Å². The van der Waals surface area contributed by atoms with Gasteiger partial charge in [-0.2, -0.15) is 0 Å². The van der Waals surface area contributed by atoms with Crippen LogP contribution in [0.15, 0.2) is 0 Å². The van der Waals surface area contributed by atoms with Crippen molar-refractivity contribution < 1.29 is 123 Å². The quantitative estimate of drug-likeness (QED) is 0.201. The molecule has 0 aliphatic rings. The van der Waals surface area contributed by atoms with E-state index in [4.69, 9.17) is 0 Å². The minimum Gasteiger partial charge on any atom is -1.00 e. The first-order valence-corrected chi connectivity index (χ1v) is 0. The summed E-state index contributed by atoms with van der Waals surface area (Å²) >= 11 is 0. The Labute approximate surface area is 121 Å². The Morgan fingerprint density at radius 2 is 0.333 bits per heavy atom. The second-order valence-corrected chi connectivity index (χ2v) is 0. The predicted octanol–water partition coefficient (Wildman–Crippen LogP) is -9.00. The predicted molar refractivity (Wildman–Crippen MR) is 0 cm³/mol. The molecular formula is Cu3I3. The average molecular weight is 571 g/mol. The maximum atomic E-state index is 0. The summed E-state index contributed by atoms with van der Waals surface area (Å²) in [5.74, 6) is 0. The first-order chi connectivity index (χ1) is 0. The fourth-order valence-corrected chi connectivity index (χ4v) is 0. The van der Waals surface area contributed by atoms with Crippen molar-refractivity contribution in [3.8, 4) is 0 Å². The number of hydrogen-bond acceptors (Lipinski definition) is 0. The van der Waals surface area contributed by atoms with E-state index in [0.29, 0.717) is 0 Å². The summed E-state index contributed by atoms with van der Waals surface area (Å²) in [6.07, 6.45) is 0. The molecule has 0 spiro atoms. The second kappa shape index (κ2) is 37.4. The van der Waals surface area contributed by atoms with Crippen LogP contribution in [0, 0.1) is 0 Å². The van der Waals surface area contributed by atoms with E-state index in [1.165, 1.54) is 0 Å². The van der Waals surface area contributed by atoms with Crippen LogP contribution in [0.3, 0.4) is 0 Å². The first-order valence-electron chi connectivity index (χ1n) is 0. The molecule has 0 aromatic heterocycles. The molecule has 0 rings (SSSR count). The summed E-state index contributed by atoms with van der Waals surface area (Å²) in [6, 6.07) is 0. The third-order valence-electron chi connectivity index (χ3n) is 0. The minimum absolute atomic E-state index is 0. The van der Waals surface area contributed by atoms with Gasteiger partial charge in [0.1, 0.15) is 0 Å². The molecule has 0 fully saturated rings. The van der Waals surface area contributed by atoms with Gasteiger partial charge < -0.3 is 71.9 Å². The van der Waals surface area contributed by atoms with E-state index in [2.05, 4.69) is 0 Å². The van der Waals surface area contributed by atoms with E-state index in [9.17, 15) is 0 Å². The number of hydrogen-bond donors (Lipinski definition) is 0. The molecule has 0 bridgehead atoms. The van der Waals surface area contributed by atoms with E-state index in [0.717, 1.165) is 0 Å². The molecule has 0 unspecified atom stereocenters. The maximum Gasteiger partial charge on any atom is 1.00 e. The van der Waals surface area contributed by atoms with Gasteiger partial charge in [0.15, 0.2) is 0 Å². The Morgan fingerprint density at radius 3 is 0.333 bits per heavy atom. The third-order valence-corrected chi connectivity index (χ3v) is 0. The first kappa shape index (κ1) is 53.1. The molecule has 0 aliphatic heterocycles. The van der Waals surface area contributed by atoms with Crippen LogP contribution in [0.5, 0.6) is 0 Å². The second-order valence-electron chi connectivity index (χ2n) is 0. The van der Waals surface area contributed by atoms with Crippen molar-refractivity contribution in [1.29, 1.82) is 0 Å². The summed E-state index contributed by atoms with van der Waals surface area (Å²) in [5, 5.41) is 0. The molecule has 0 aromatic carbocycles. The minimum atomic E-state index is 0. The van der Waals surface area contributed by atoms with Gasteiger partial charge in [-0.3, -0.25) is 0 Å². The SMILES string of the molecule is [Cu+].[Cu+].[Cu+].[I-].[I-].[I-]. The van der Waals surface area contributed by atoms with Gasteiger partial charge >= 0.3 is 51.2 Å². The van der Waals surface area contributed by atoms with Gasteiger partial charge in [-0.1, -0.05) is 0 Å². The molecule has 0 aromatic rings. The number of halogens is 3. The summed E-state index contributed by atoms with van der Waals surface area (Å²) in [6.45, 7) is 0. The Morgan fingerprint density at radius 1 is 0.333 bits per heavy atom. The normalized spacial score (nSPS) is 0. The van der Waals surface area contributed by atoms with Crippen molar-refractivity contribution in [2.45, 2.75) is 0 Å². The third kappa shape index (κ3) is 25.1. The standard InChI is InChI=1S/3Cu.3HI/h;;;3*1H/q3*+1;;;/p-3. The van der Waals surface area contributed by atoms with Crippen LogP contribution < -0.4 is 71.9 Å². The van der Waals surface area contributed by atoms with E-state index in [-0.39, 0.29) is 123 Å². The molecule has 0 N–H and O–H groups in total. The molecule has 6 heavy (non-hydrogen) atoms. The Balaban J connectivity index is 0. The molecule has 54 valence electrons. The summed E-state index contributed by atoms with van der Waals surface area (Å²) in [5.41, 5.74) is 0. The molecule has 0 saturated carbocycles. The summed E-state index contributed by atoms with van der Waals surface area (Å²) in [7, 11) is 0. The smallest absolute Gasteiger partial charge is 1.00 e. The van der Waals surface area contributed by atoms with Crippen molar-refractivity contribution in [2.75, 3.05) is 0 Å². The molecule has 0 saturated heterocycles. The Bertz CT molecular complexity index is 6.00. The van der Waals surface area contributed by atoms with Crippen LogP contribution in [-0.2, 0) is 51.2 Å². The van der Waals surface area contributed by atoms with Crippen molar-refractivity contribution in [1.82, 2.24) is 0 Å². The van der Waals surface area contributed by atoms with Gasteiger partial charge in [-0.25, -0.2) is 0 Å². The van der Waals surface area contributed by atoms with Gasteiger partial charge in [0, 0.05) is 0 Å². The zero-order valence-electron chi connectivity index (χ0n) is 2.04. The molecule has 0 aliphatic carbocycles. The van der Waals surface area contributed by atoms with Crippen LogP contribution in [0.4, 0.5) is 0 Å². The van der Waals surface area contributed by atoms with Gasteiger partial charge in [-0.05, 0) is 0 Å².